The summed E-state index contributed by atoms with van der Waals surface area (Å²) in [5.74, 6) is 0. The first kappa shape index (κ1) is 15.5. The van der Waals surface area contributed by atoms with E-state index in [1.165, 1.54) is 22.3 Å². The van der Waals surface area contributed by atoms with Crippen molar-refractivity contribution in [2.24, 2.45) is 0 Å². The molecule has 0 unspecified atom stereocenters. The molecule has 2 aromatic rings. The van der Waals surface area contributed by atoms with Gasteiger partial charge in [-0.2, -0.15) is 0 Å². The molecule has 0 fully saturated rings. The summed E-state index contributed by atoms with van der Waals surface area (Å²) in [6, 6.07) is 16.9. The summed E-state index contributed by atoms with van der Waals surface area (Å²) in [6.45, 7) is 5.54. The normalized spacial score (nSPS) is 9.89. The minimum atomic E-state index is 0. The van der Waals surface area contributed by atoms with Crippen LogP contribution in [0.25, 0.3) is 0 Å². The Bertz CT molecular complexity index is 414. The number of rotatable bonds is 4. The molecule has 0 saturated carbocycles. The van der Waals surface area contributed by atoms with Crippen LogP contribution in [-0.4, -0.2) is 29.6 Å². The minimum absolute atomic E-state index is 0. The second-order valence-electron chi connectivity index (χ2n) is 4.46. The Hall–Kier alpha value is -0.600. The molecular formula is C16H18NaO. The average Bonchev–Trinajstić information content (AvgIpc) is 2.34. The fourth-order valence-corrected chi connectivity index (χ4v) is 1.66. The van der Waals surface area contributed by atoms with Crippen LogP contribution >= 0.6 is 0 Å². The van der Waals surface area contributed by atoms with E-state index < -0.39 is 0 Å². The average molecular weight is 249 g/mol. The molecule has 0 amide bonds. The molecule has 2 heteroatoms. The van der Waals surface area contributed by atoms with E-state index in [0.717, 1.165) is 0 Å². The summed E-state index contributed by atoms with van der Waals surface area (Å²) in [5, 5.41) is 0. The van der Waals surface area contributed by atoms with E-state index in [1.807, 2.05) is 0 Å². The smallest absolute Gasteiger partial charge is 0.0721 e. The number of ether oxygens (including phenoxy) is 1. The number of hydrogen-bond acceptors (Lipinski definition) is 1. The number of hydrogen-bond donors (Lipinski definition) is 0. The van der Waals surface area contributed by atoms with E-state index in [9.17, 15) is 0 Å². The van der Waals surface area contributed by atoms with E-state index >= 15 is 0 Å². The van der Waals surface area contributed by atoms with Crippen molar-refractivity contribution in [1.82, 2.24) is 0 Å². The molecule has 0 aliphatic heterocycles. The Labute approximate surface area is 131 Å². The van der Waals surface area contributed by atoms with Gasteiger partial charge >= 0.3 is 0 Å². The quantitative estimate of drug-likeness (QED) is 0.752. The maximum Gasteiger partial charge on any atom is 0.0721 e. The van der Waals surface area contributed by atoms with Gasteiger partial charge in [0.05, 0.1) is 13.2 Å². The van der Waals surface area contributed by atoms with Gasteiger partial charge in [-0.05, 0) is 25.0 Å². The van der Waals surface area contributed by atoms with Gasteiger partial charge in [0.25, 0.3) is 0 Å². The van der Waals surface area contributed by atoms with Crippen molar-refractivity contribution in [2.45, 2.75) is 27.1 Å². The fraction of sp³-hybridized carbons (Fsp3) is 0.250. The molecule has 18 heavy (non-hydrogen) atoms. The Morgan fingerprint density at radius 2 is 1.00 bits per heavy atom. The SMILES string of the molecule is Cc1ccc(COCc2ccc(C)cc2)cc1.[Na]. The fourth-order valence-electron chi connectivity index (χ4n) is 1.66. The maximum absolute atomic E-state index is 5.69. The third-order valence-corrected chi connectivity index (χ3v) is 2.78. The monoisotopic (exact) mass is 249 g/mol. The van der Waals surface area contributed by atoms with Gasteiger partial charge in [0.2, 0.25) is 0 Å². The molecule has 0 aliphatic carbocycles. The standard InChI is InChI=1S/C16H18O.Na/c1-13-3-7-15(8-4-13)11-17-12-16-9-5-14(2)6-10-16;/h3-10H,11-12H2,1-2H3;. The van der Waals surface area contributed by atoms with Crippen LogP contribution in [0.3, 0.4) is 0 Å². The summed E-state index contributed by atoms with van der Waals surface area (Å²) >= 11 is 0. The van der Waals surface area contributed by atoms with E-state index in [0.29, 0.717) is 13.2 Å². The minimum Gasteiger partial charge on any atom is -0.372 e. The van der Waals surface area contributed by atoms with Crippen LogP contribution in [0.4, 0.5) is 0 Å². The van der Waals surface area contributed by atoms with Gasteiger partial charge in [-0.1, -0.05) is 59.7 Å². The first-order valence-electron chi connectivity index (χ1n) is 5.93. The van der Waals surface area contributed by atoms with Gasteiger partial charge in [-0.3, -0.25) is 0 Å². The van der Waals surface area contributed by atoms with Gasteiger partial charge in [0.15, 0.2) is 0 Å². The molecular weight excluding hydrogens is 231 g/mol. The van der Waals surface area contributed by atoms with Crippen LogP contribution in [0.2, 0.25) is 0 Å². The van der Waals surface area contributed by atoms with E-state index in [4.69, 9.17) is 4.74 Å². The van der Waals surface area contributed by atoms with Crippen LogP contribution in [-0.2, 0) is 18.0 Å². The summed E-state index contributed by atoms with van der Waals surface area (Å²) in [4.78, 5) is 0. The largest absolute Gasteiger partial charge is 0.372 e. The number of benzene rings is 2. The molecule has 0 aromatic heterocycles. The van der Waals surface area contributed by atoms with Gasteiger partial charge < -0.3 is 4.74 Å². The summed E-state index contributed by atoms with van der Waals surface area (Å²) in [6.07, 6.45) is 0. The zero-order chi connectivity index (χ0) is 12.1. The summed E-state index contributed by atoms with van der Waals surface area (Å²) < 4.78 is 5.69. The van der Waals surface area contributed by atoms with Gasteiger partial charge in [-0.15, -0.1) is 0 Å². The van der Waals surface area contributed by atoms with Crippen molar-refractivity contribution in [1.29, 1.82) is 0 Å². The first-order chi connectivity index (χ1) is 8.24. The Morgan fingerprint density at radius 1 is 0.667 bits per heavy atom. The maximum atomic E-state index is 5.69. The Morgan fingerprint density at radius 3 is 1.33 bits per heavy atom. The van der Waals surface area contributed by atoms with E-state index in [1.54, 1.807) is 0 Å². The van der Waals surface area contributed by atoms with Gasteiger partial charge in [0.1, 0.15) is 0 Å². The Kier molecular flexibility index (Phi) is 6.66. The van der Waals surface area contributed by atoms with Gasteiger partial charge in [0, 0.05) is 29.6 Å². The summed E-state index contributed by atoms with van der Waals surface area (Å²) in [7, 11) is 0. The molecule has 0 spiro atoms. The molecule has 2 aromatic carbocycles. The van der Waals surface area contributed by atoms with Gasteiger partial charge in [-0.25, -0.2) is 0 Å². The van der Waals surface area contributed by atoms with Crippen LogP contribution in [0.15, 0.2) is 48.5 Å². The molecule has 0 N–H and O–H groups in total. The molecule has 2 rings (SSSR count). The van der Waals surface area contributed by atoms with Crippen LogP contribution in [0.1, 0.15) is 22.3 Å². The van der Waals surface area contributed by atoms with Crippen molar-refractivity contribution in [3.05, 3.63) is 70.8 Å². The van der Waals surface area contributed by atoms with Crippen molar-refractivity contribution < 1.29 is 4.74 Å². The second-order valence-corrected chi connectivity index (χ2v) is 4.46. The molecule has 0 saturated heterocycles. The van der Waals surface area contributed by atoms with Crippen molar-refractivity contribution in [3.8, 4) is 0 Å². The van der Waals surface area contributed by atoms with Crippen molar-refractivity contribution in [2.75, 3.05) is 0 Å². The van der Waals surface area contributed by atoms with Crippen LogP contribution in [0.5, 0.6) is 0 Å². The van der Waals surface area contributed by atoms with Crippen molar-refractivity contribution in [3.63, 3.8) is 0 Å². The Balaban J connectivity index is 0.00000162. The molecule has 89 valence electrons. The number of aryl methyl sites for hydroxylation is 2. The molecule has 1 nitrogen and oxygen atoms in total. The molecule has 0 bridgehead atoms. The van der Waals surface area contributed by atoms with Crippen molar-refractivity contribution >= 4 is 29.6 Å². The predicted molar refractivity (Wildman–Crippen MR) is 76.6 cm³/mol. The second kappa shape index (κ2) is 7.75. The third kappa shape index (κ3) is 4.95. The zero-order valence-electron chi connectivity index (χ0n) is 11.4. The molecule has 1 radical (unpaired) electrons. The predicted octanol–water partition coefficient (Wildman–Crippen LogP) is 3.64. The molecule has 0 atom stereocenters. The third-order valence-electron chi connectivity index (χ3n) is 2.78. The zero-order valence-corrected chi connectivity index (χ0v) is 13.4. The van der Waals surface area contributed by atoms with E-state index in [2.05, 4.69) is 62.4 Å². The molecule has 0 heterocycles. The summed E-state index contributed by atoms with van der Waals surface area (Å²) in [5.41, 5.74) is 5.02. The van der Waals surface area contributed by atoms with Crippen LogP contribution in [0, 0.1) is 13.8 Å². The van der Waals surface area contributed by atoms with Crippen LogP contribution < -0.4 is 0 Å². The molecule has 0 aliphatic rings. The van der Waals surface area contributed by atoms with E-state index in [-0.39, 0.29) is 29.6 Å². The topological polar surface area (TPSA) is 9.23 Å². The first-order valence-corrected chi connectivity index (χ1v) is 5.93.